The summed E-state index contributed by atoms with van der Waals surface area (Å²) in [6.45, 7) is 17.1. The minimum Gasteiger partial charge on any atom is -0.438 e. The van der Waals surface area contributed by atoms with Crippen LogP contribution >= 0.6 is 0 Å². The second-order valence-corrected chi connectivity index (χ2v) is 10.3. The third-order valence-electron chi connectivity index (χ3n) is 7.35. The number of hydrogen-bond acceptors (Lipinski definition) is 6. The van der Waals surface area contributed by atoms with Crippen LogP contribution in [-0.4, -0.2) is 42.1 Å². The Bertz CT molecular complexity index is 1190. The number of fused-ring (bicyclic) bond motifs is 1. The highest BCUT2D eigenvalue weighted by atomic mass is 16.6. The van der Waals surface area contributed by atoms with E-state index >= 15 is 0 Å². The van der Waals surface area contributed by atoms with Gasteiger partial charge in [0.25, 0.3) is 0 Å². The van der Waals surface area contributed by atoms with Gasteiger partial charge in [0.2, 0.25) is 5.60 Å². The maximum absolute atomic E-state index is 13.2. The molecule has 3 aromatic rings. The van der Waals surface area contributed by atoms with Gasteiger partial charge in [-0.05, 0) is 74.9 Å². The van der Waals surface area contributed by atoms with Crippen LogP contribution in [0, 0.1) is 13.8 Å². The van der Waals surface area contributed by atoms with Crippen molar-refractivity contribution in [1.29, 1.82) is 0 Å². The first-order valence-corrected chi connectivity index (χ1v) is 14.2. The van der Waals surface area contributed by atoms with Crippen molar-refractivity contribution in [3.05, 3.63) is 82.4 Å². The van der Waals surface area contributed by atoms with Crippen molar-refractivity contribution < 1.29 is 9.53 Å². The van der Waals surface area contributed by atoms with Crippen molar-refractivity contribution in [3.8, 4) is 0 Å². The van der Waals surface area contributed by atoms with Crippen LogP contribution in [0.5, 0.6) is 0 Å². The van der Waals surface area contributed by atoms with Gasteiger partial charge in [-0.1, -0.05) is 39.8 Å². The number of ether oxygens (including phenoxy) is 1. The summed E-state index contributed by atoms with van der Waals surface area (Å²) in [5, 5.41) is 0. The lowest BCUT2D eigenvalue weighted by molar-refractivity contribution is 0.0237. The van der Waals surface area contributed by atoms with Gasteiger partial charge in [-0.2, -0.15) is 0 Å². The van der Waals surface area contributed by atoms with Gasteiger partial charge in [0.15, 0.2) is 5.69 Å². The van der Waals surface area contributed by atoms with Crippen LogP contribution in [0.15, 0.2) is 48.8 Å². The minimum atomic E-state index is -1.15. The van der Waals surface area contributed by atoms with Gasteiger partial charge >= 0.3 is 5.97 Å². The average molecular weight is 515 g/mol. The van der Waals surface area contributed by atoms with E-state index in [0.717, 1.165) is 74.1 Å². The van der Waals surface area contributed by atoms with E-state index in [0.29, 0.717) is 5.69 Å². The van der Waals surface area contributed by atoms with Crippen molar-refractivity contribution in [3.63, 3.8) is 0 Å². The SMILES string of the molecule is CCCN(CCC)c1ccc(C2(c3ccc(N(CCC)CCC)cc3C)OC(=O)c3nccnc32)c(C)c1. The highest BCUT2D eigenvalue weighted by Crippen LogP contribution is 2.48. The number of nitrogens with zero attached hydrogens (tertiary/aromatic N) is 4. The van der Waals surface area contributed by atoms with Gasteiger partial charge in [-0.3, -0.25) is 4.98 Å². The molecule has 1 aliphatic rings. The second kappa shape index (κ2) is 12.0. The van der Waals surface area contributed by atoms with E-state index in [4.69, 9.17) is 9.72 Å². The molecule has 6 heteroatoms. The Kier molecular flexibility index (Phi) is 8.70. The Labute approximate surface area is 228 Å². The number of aryl methyl sites for hydroxylation is 2. The standard InChI is InChI=1S/C32H42N4O2/c1-7-17-35(18-8-2)25-11-13-27(23(5)21-25)32(30-29(31(37)38-32)33-15-16-34-30)28-14-12-26(22-24(28)6)36(19-9-3)20-10-4/h11-16,21-22H,7-10,17-20H2,1-6H3. The summed E-state index contributed by atoms with van der Waals surface area (Å²) in [6, 6.07) is 13.0. The summed E-state index contributed by atoms with van der Waals surface area (Å²) in [6.07, 6.45) is 7.56. The van der Waals surface area contributed by atoms with Gasteiger partial charge in [0, 0.05) is 61.1 Å². The molecular formula is C32H42N4O2. The van der Waals surface area contributed by atoms with Gasteiger partial charge < -0.3 is 14.5 Å². The summed E-state index contributed by atoms with van der Waals surface area (Å²) in [5.74, 6) is -0.433. The molecule has 0 saturated heterocycles. The quantitative estimate of drug-likeness (QED) is 0.248. The number of anilines is 2. The monoisotopic (exact) mass is 514 g/mol. The molecule has 1 aromatic heterocycles. The Balaban J connectivity index is 1.89. The number of carbonyl (C=O) groups is 1. The molecule has 0 amide bonds. The number of hydrogen-bond donors (Lipinski definition) is 0. The Hall–Kier alpha value is -3.41. The Morgan fingerprint density at radius 2 is 1.16 bits per heavy atom. The lowest BCUT2D eigenvalue weighted by Gasteiger charge is -2.33. The molecule has 2 aromatic carbocycles. The van der Waals surface area contributed by atoms with E-state index in [-0.39, 0.29) is 5.69 Å². The van der Waals surface area contributed by atoms with Gasteiger partial charge in [-0.15, -0.1) is 0 Å². The minimum absolute atomic E-state index is 0.289. The third-order valence-corrected chi connectivity index (χ3v) is 7.35. The topological polar surface area (TPSA) is 58.6 Å². The zero-order chi connectivity index (χ0) is 27.3. The fourth-order valence-electron chi connectivity index (χ4n) is 5.79. The molecule has 0 aliphatic carbocycles. The molecule has 0 bridgehead atoms. The molecule has 0 fully saturated rings. The Morgan fingerprint density at radius 1 is 0.711 bits per heavy atom. The molecule has 0 atom stereocenters. The summed E-state index contributed by atoms with van der Waals surface area (Å²) in [5.41, 5.74) is 6.07. The van der Waals surface area contributed by atoms with E-state index < -0.39 is 11.6 Å². The maximum Gasteiger partial charge on any atom is 0.360 e. The van der Waals surface area contributed by atoms with Crippen LogP contribution in [0.2, 0.25) is 0 Å². The Morgan fingerprint density at radius 3 is 1.58 bits per heavy atom. The smallest absolute Gasteiger partial charge is 0.360 e. The van der Waals surface area contributed by atoms with E-state index in [1.807, 2.05) is 0 Å². The average Bonchev–Trinajstić information content (AvgIpc) is 3.21. The van der Waals surface area contributed by atoms with E-state index in [1.54, 1.807) is 12.4 Å². The first-order valence-electron chi connectivity index (χ1n) is 14.2. The molecule has 0 saturated carbocycles. The molecule has 202 valence electrons. The second-order valence-electron chi connectivity index (χ2n) is 10.3. The molecule has 2 heterocycles. The summed E-state index contributed by atoms with van der Waals surface area (Å²) < 4.78 is 6.35. The fraction of sp³-hybridized carbons (Fsp3) is 0.469. The first kappa shape index (κ1) is 27.6. The van der Waals surface area contributed by atoms with Gasteiger partial charge in [-0.25, -0.2) is 9.78 Å². The highest BCUT2D eigenvalue weighted by Gasteiger charge is 2.52. The van der Waals surface area contributed by atoms with E-state index in [9.17, 15) is 4.79 Å². The highest BCUT2D eigenvalue weighted by molar-refractivity contribution is 5.93. The van der Waals surface area contributed by atoms with Gasteiger partial charge in [0.05, 0.1) is 0 Å². The van der Waals surface area contributed by atoms with E-state index in [2.05, 4.69) is 92.7 Å². The lowest BCUT2D eigenvalue weighted by Crippen LogP contribution is -2.33. The van der Waals surface area contributed by atoms with Crippen LogP contribution in [0.1, 0.15) is 91.8 Å². The van der Waals surface area contributed by atoms with Crippen LogP contribution in [0.25, 0.3) is 0 Å². The van der Waals surface area contributed by atoms with Crippen LogP contribution in [0.4, 0.5) is 11.4 Å². The predicted octanol–water partition coefficient (Wildman–Crippen LogP) is 6.81. The number of cyclic esters (lactones) is 1. The predicted molar refractivity (Wildman–Crippen MR) is 155 cm³/mol. The number of carbonyl (C=O) groups excluding carboxylic acids is 1. The molecule has 0 spiro atoms. The van der Waals surface area contributed by atoms with Gasteiger partial charge in [0.1, 0.15) is 5.69 Å². The summed E-state index contributed by atoms with van der Waals surface area (Å²) in [7, 11) is 0. The normalized spacial score (nSPS) is 13.8. The molecule has 4 rings (SSSR count). The van der Waals surface area contributed by atoms with Crippen molar-refractivity contribution in [2.24, 2.45) is 0 Å². The number of esters is 1. The third kappa shape index (κ3) is 5.01. The molecule has 38 heavy (non-hydrogen) atoms. The van der Waals surface area contributed by atoms with Crippen LogP contribution < -0.4 is 9.80 Å². The molecule has 0 unspecified atom stereocenters. The molecule has 0 N–H and O–H groups in total. The fourth-order valence-corrected chi connectivity index (χ4v) is 5.79. The number of aromatic nitrogens is 2. The zero-order valence-corrected chi connectivity index (χ0v) is 23.9. The maximum atomic E-state index is 13.2. The van der Waals surface area contributed by atoms with Crippen LogP contribution in [-0.2, 0) is 10.3 Å². The molecule has 1 aliphatic heterocycles. The van der Waals surface area contributed by atoms with Crippen molar-refractivity contribution in [2.45, 2.75) is 72.8 Å². The summed E-state index contributed by atoms with van der Waals surface area (Å²) >= 11 is 0. The van der Waals surface area contributed by atoms with Crippen molar-refractivity contribution in [2.75, 3.05) is 36.0 Å². The van der Waals surface area contributed by atoms with Crippen molar-refractivity contribution >= 4 is 17.3 Å². The van der Waals surface area contributed by atoms with Crippen LogP contribution in [0.3, 0.4) is 0 Å². The number of benzene rings is 2. The molecule has 0 radical (unpaired) electrons. The van der Waals surface area contributed by atoms with Crippen molar-refractivity contribution in [1.82, 2.24) is 9.97 Å². The van der Waals surface area contributed by atoms with E-state index in [1.165, 1.54) is 11.4 Å². The lowest BCUT2D eigenvalue weighted by atomic mass is 9.79. The zero-order valence-electron chi connectivity index (χ0n) is 23.9. The largest absolute Gasteiger partial charge is 0.438 e. The molecular weight excluding hydrogens is 472 g/mol. The first-order chi connectivity index (χ1) is 18.4. The summed E-state index contributed by atoms with van der Waals surface area (Å²) in [4.78, 5) is 27.1. The molecule has 6 nitrogen and oxygen atoms in total. The number of rotatable bonds is 12.